The molecular formula is C18H33Ga3Si3. The molecule has 1 fully saturated rings. The van der Waals surface area contributed by atoms with Gasteiger partial charge in [0.15, 0.2) is 0 Å². The van der Waals surface area contributed by atoms with Crippen molar-refractivity contribution in [2.45, 2.75) is 69.5 Å². The van der Waals surface area contributed by atoms with Gasteiger partial charge in [0.05, 0.1) is 0 Å². The molecule has 24 heavy (non-hydrogen) atoms. The summed E-state index contributed by atoms with van der Waals surface area (Å²) in [6.45, 7) is 7.74. The van der Waals surface area contributed by atoms with Crippen LogP contribution < -0.4 is 0 Å². The maximum absolute atomic E-state index is 3.92. The summed E-state index contributed by atoms with van der Waals surface area (Å²) in [6, 6.07) is 0. The molecule has 0 aromatic carbocycles. The van der Waals surface area contributed by atoms with Gasteiger partial charge in [0.2, 0.25) is 0 Å². The van der Waals surface area contributed by atoms with Crippen molar-refractivity contribution < 1.29 is 0 Å². The van der Waals surface area contributed by atoms with Crippen LogP contribution in [0.3, 0.4) is 0 Å². The van der Waals surface area contributed by atoms with Gasteiger partial charge in [0, 0.05) is 0 Å². The van der Waals surface area contributed by atoms with Crippen LogP contribution in [0.25, 0.3) is 0 Å². The molecule has 1 heterocycles. The van der Waals surface area contributed by atoms with E-state index in [0.717, 1.165) is 0 Å². The molecule has 0 N–H and O–H groups in total. The molecule has 1 aliphatic heterocycles. The Balaban J connectivity index is 3.30. The first kappa shape index (κ1) is 23.3. The fourth-order valence-electron chi connectivity index (χ4n) is 3.99. The van der Waals surface area contributed by atoms with E-state index in [1.807, 2.05) is 0 Å². The molecule has 126 valence electrons. The van der Waals surface area contributed by atoms with Crippen molar-refractivity contribution in [3.8, 4) is 30.1 Å². The first-order valence-corrected chi connectivity index (χ1v) is 36.4. The standard InChI is InChI=1S/C12H15Si3.6CH3.3Ga/c1-7-13(4)10-14(5,8-2)12-15(6,9-3)11-13;;;;;;;;;/h10-12H2,4-6H3;6*1H3;;;. The normalized spacial score (nSPS) is 31.4. The van der Waals surface area contributed by atoms with Gasteiger partial charge in [-0.3, -0.25) is 0 Å². The third-order valence-electron chi connectivity index (χ3n) is 4.33. The van der Waals surface area contributed by atoms with Gasteiger partial charge in [-0.15, -0.1) is 0 Å². The van der Waals surface area contributed by atoms with Crippen molar-refractivity contribution in [3.63, 3.8) is 0 Å². The molecule has 0 atom stereocenters. The minimum absolute atomic E-state index is 1.23. The van der Waals surface area contributed by atoms with Gasteiger partial charge >= 0.3 is 172 Å². The van der Waals surface area contributed by atoms with Gasteiger partial charge in [0.25, 0.3) is 0 Å². The third-order valence-corrected chi connectivity index (χ3v) is 31.7. The van der Waals surface area contributed by atoms with Gasteiger partial charge < -0.3 is 0 Å². The fraction of sp³-hybridized carbons (Fsp3) is 0.667. The zero-order chi connectivity index (χ0) is 18.6. The molecule has 1 rings (SSSR count). The number of hydrogen-bond donors (Lipinski definition) is 0. The molecule has 0 aliphatic carbocycles. The van der Waals surface area contributed by atoms with E-state index in [-0.39, 0.29) is 0 Å². The van der Waals surface area contributed by atoms with Gasteiger partial charge in [0.1, 0.15) is 0 Å². The topological polar surface area (TPSA) is 0 Å². The van der Waals surface area contributed by atoms with Crippen LogP contribution in [0.1, 0.15) is 0 Å². The second-order valence-corrected chi connectivity index (χ2v) is 40.2. The molecule has 6 heteroatoms. The third kappa shape index (κ3) is 8.29. The SMILES string of the molecule is [CH3][Ga]([CH3])[C]#C[Si]1(C)C[Si](C)(C#[C][Ga]([CH3])[CH3])C[Si](C)(C#[C][Ga]([CH3])[CH3])C1. The van der Waals surface area contributed by atoms with E-state index in [2.05, 4.69) is 82.6 Å². The van der Waals surface area contributed by atoms with Gasteiger partial charge in [-0.25, -0.2) is 0 Å². The quantitative estimate of drug-likeness (QED) is 0.315. The van der Waals surface area contributed by atoms with E-state index in [9.17, 15) is 0 Å². The summed E-state index contributed by atoms with van der Waals surface area (Å²) in [5, 5.41) is 0. The molecule has 0 spiro atoms. The molecule has 1 saturated heterocycles. The first-order valence-electron chi connectivity index (χ1n) is 9.45. The molecule has 0 saturated carbocycles. The minimum atomic E-state index is -1.47. The van der Waals surface area contributed by atoms with Crippen LogP contribution in [0.4, 0.5) is 0 Å². The zero-order valence-electron chi connectivity index (χ0n) is 17.4. The van der Waals surface area contributed by atoms with E-state index >= 15 is 0 Å². The van der Waals surface area contributed by atoms with Crippen molar-refractivity contribution in [1.82, 2.24) is 0 Å². The van der Waals surface area contributed by atoms with Crippen LogP contribution in [-0.2, 0) is 0 Å². The predicted octanol–water partition coefficient (Wildman–Crippen LogP) is 4.36. The Labute approximate surface area is 170 Å². The van der Waals surface area contributed by atoms with Gasteiger partial charge in [-0.2, -0.15) is 0 Å². The second kappa shape index (κ2) is 9.44. The van der Waals surface area contributed by atoms with E-state index in [1.54, 1.807) is 0 Å². The van der Waals surface area contributed by atoms with Crippen molar-refractivity contribution in [2.24, 2.45) is 0 Å². The molecule has 0 amide bonds. The molecular weight excluding hydrogens is 510 g/mol. The molecule has 0 unspecified atom stereocenters. The first-order chi connectivity index (χ1) is 10.9. The Kier molecular flexibility index (Phi) is 9.16. The second-order valence-electron chi connectivity index (χ2n) is 9.48. The Morgan fingerprint density at radius 1 is 0.500 bits per heavy atom. The Hall–Kier alpha value is 1.24. The van der Waals surface area contributed by atoms with Crippen LogP contribution >= 0.6 is 0 Å². The summed E-state index contributed by atoms with van der Waals surface area (Å²) in [4.78, 5) is 0. The van der Waals surface area contributed by atoms with Gasteiger partial charge in [-0.1, -0.05) is 0 Å². The molecule has 0 bridgehead atoms. The van der Waals surface area contributed by atoms with Crippen LogP contribution in [0.5, 0.6) is 0 Å². The number of rotatable bonds is 0. The van der Waals surface area contributed by atoms with Crippen molar-refractivity contribution in [3.05, 3.63) is 0 Å². The summed E-state index contributed by atoms with van der Waals surface area (Å²) >= 11 is -3.69. The van der Waals surface area contributed by atoms with E-state index in [0.29, 0.717) is 0 Å². The summed E-state index contributed by atoms with van der Waals surface area (Å²) in [5.41, 5.74) is 30.5. The Morgan fingerprint density at radius 3 is 0.875 bits per heavy atom. The molecule has 0 aromatic rings. The Morgan fingerprint density at radius 2 is 0.708 bits per heavy atom. The molecule has 0 nitrogen and oxygen atoms in total. The number of hydrogen-bond acceptors (Lipinski definition) is 0. The van der Waals surface area contributed by atoms with Crippen molar-refractivity contribution >= 4 is 72.9 Å². The summed E-state index contributed by atoms with van der Waals surface area (Å²) < 4.78 is 11.2. The molecule has 1 aliphatic rings. The average Bonchev–Trinajstić information content (AvgIpc) is 2.40. The summed E-state index contributed by atoms with van der Waals surface area (Å²) in [7, 11) is -4.40. The Bertz CT molecular complexity index is 539. The zero-order valence-corrected chi connectivity index (χ0v) is 27.6. The van der Waals surface area contributed by atoms with E-state index < -0.39 is 72.9 Å². The summed E-state index contributed by atoms with van der Waals surface area (Å²) in [5.74, 6) is 0. The predicted molar refractivity (Wildman–Crippen MR) is 125 cm³/mol. The maximum atomic E-state index is 3.92. The van der Waals surface area contributed by atoms with Crippen LogP contribution in [-0.4, -0.2) is 72.9 Å². The average molecular weight is 543 g/mol. The van der Waals surface area contributed by atoms with Crippen LogP contribution in [0.15, 0.2) is 0 Å². The summed E-state index contributed by atoms with van der Waals surface area (Å²) in [6.07, 6.45) is 0. The van der Waals surface area contributed by atoms with Crippen molar-refractivity contribution in [2.75, 3.05) is 0 Å². The van der Waals surface area contributed by atoms with Gasteiger partial charge in [-0.05, 0) is 0 Å². The monoisotopic (exact) mass is 540 g/mol. The fourth-order valence-corrected chi connectivity index (χ4v) is 45.6. The molecule has 0 radical (unpaired) electrons. The van der Waals surface area contributed by atoms with Crippen LogP contribution in [0.2, 0.25) is 69.5 Å². The van der Waals surface area contributed by atoms with E-state index in [1.165, 1.54) is 17.0 Å². The van der Waals surface area contributed by atoms with E-state index in [4.69, 9.17) is 0 Å². The van der Waals surface area contributed by atoms with Crippen LogP contribution in [0, 0.1) is 30.1 Å². The molecule has 0 aromatic heterocycles. The van der Waals surface area contributed by atoms with Crippen molar-refractivity contribution in [1.29, 1.82) is 0 Å².